The second kappa shape index (κ2) is 14.5. The molecule has 0 saturated carbocycles. The minimum atomic E-state index is -0.129. The molecule has 2 N–H and O–H groups in total. The number of nitrogens with zero attached hydrogens (tertiary/aromatic N) is 2. The Morgan fingerprint density at radius 2 is 1.58 bits per heavy atom. The summed E-state index contributed by atoms with van der Waals surface area (Å²) in [5.41, 5.74) is 2.14. The summed E-state index contributed by atoms with van der Waals surface area (Å²) in [4.78, 5) is 18.7. The number of carbonyl (C=O) groups excluding carboxylic acids is 1. The number of benzene rings is 2. The van der Waals surface area contributed by atoms with Crippen LogP contribution in [0, 0.1) is 0 Å². The Labute approximate surface area is 202 Å². The molecule has 2 rings (SSSR count). The van der Waals surface area contributed by atoms with Gasteiger partial charge in [-0.3, -0.25) is 4.79 Å². The first-order chi connectivity index (χ1) is 14.5. The molecule has 0 atom stereocenters. The van der Waals surface area contributed by atoms with Crippen LogP contribution in [0.25, 0.3) is 0 Å². The van der Waals surface area contributed by atoms with Gasteiger partial charge in [-0.15, -0.1) is 24.0 Å². The number of hydrogen-bond donors (Lipinski definition) is 2. The van der Waals surface area contributed by atoms with Gasteiger partial charge in [0.25, 0.3) is 0 Å². The fraction of sp³-hybridized carbons (Fsp3) is 0.391. The van der Waals surface area contributed by atoms with Gasteiger partial charge in [0.15, 0.2) is 5.96 Å². The lowest BCUT2D eigenvalue weighted by Gasteiger charge is -2.22. The van der Waals surface area contributed by atoms with Crippen molar-refractivity contribution in [1.29, 1.82) is 0 Å². The molecule has 170 valence electrons. The van der Waals surface area contributed by atoms with E-state index in [-0.39, 0.29) is 36.4 Å². The van der Waals surface area contributed by atoms with E-state index in [9.17, 15) is 4.79 Å². The topological polar surface area (TPSA) is 75.2 Å². The van der Waals surface area contributed by atoms with Gasteiger partial charge < -0.3 is 25.0 Å². The van der Waals surface area contributed by atoms with Gasteiger partial charge in [0, 0.05) is 26.7 Å². The Hall–Kier alpha value is -2.49. The molecule has 2 aromatic rings. The fourth-order valence-electron chi connectivity index (χ4n) is 2.82. The summed E-state index contributed by atoms with van der Waals surface area (Å²) in [5, 5.41) is 6.13. The highest BCUT2D eigenvalue weighted by atomic mass is 127. The molecule has 0 spiro atoms. The lowest BCUT2D eigenvalue weighted by atomic mass is 10.2. The van der Waals surface area contributed by atoms with Gasteiger partial charge in [-0.05, 0) is 49.2 Å². The number of carbonyl (C=O) groups is 1. The summed E-state index contributed by atoms with van der Waals surface area (Å²) in [6.45, 7) is 6.53. The zero-order chi connectivity index (χ0) is 21.8. The van der Waals surface area contributed by atoms with Crippen molar-refractivity contribution < 1.29 is 14.3 Å². The third-order valence-electron chi connectivity index (χ3n) is 4.37. The van der Waals surface area contributed by atoms with Gasteiger partial charge in [0.05, 0.1) is 13.7 Å². The summed E-state index contributed by atoms with van der Waals surface area (Å²) >= 11 is 0. The molecule has 31 heavy (non-hydrogen) atoms. The van der Waals surface area contributed by atoms with Gasteiger partial charge in [0.1, 0.15) is 18.0 Å². The maximum Gasteiger partial charge on any atom is 0.242 e. The Morgan fingerprint density at radius 3 is 2.16 bits per heavy atom. The van der Waals surface area contributed by atoms with Crippen LogP contribution in [0.5, 0.6) is 11.5 Å². The molecule has 0 aliphatic rings. The maximum absolute atomic E-state index is 12.2. The van der Waals surface area contributed by atoms with Crippen molar-refractivity contribution in [2.75, 3.05) is 33.9 Å². The molecule has 8 heteroatoms. The van der Waals surface area contributed by atoms with Crippen LogP contribution in [0.2, 0.25) is 0 Å². The third-order valence-corrected chi connectivity index (χ3v) is 4.37. The quantitative estimate of drug-likeness (QED) is 0.275. The number of rotatable bonds is 10. The SMILES string of the molecule is CCNC(=NCC(=O)NCc1ccc(OC)cc1)N(C)Cc1ccc(OCC)cc1.I. The second-order valence-electron chi connectivity index (χ2n) is 6.73. The van der Waals surface area contributed by atoms with Gasteiger partial charge in [-0.2, -0.15) is 0 Å². The smallest absolute Gasteiger partial charge is 0.242 e. The summed E-state index contributed by atoms with van der Waals surface area (Å²) in [5.74, 6) is 2.21. The van der Waals surface area contributed by atoms with E-state index in [0.29, 0.717) is 25.7 Å². The standard InChI is InChI=1S/C23H32N4O3.HI/c1-5-24-23(27(3)17-19-9-13-21(14-10-19)30-6-2)26-16-22(28)25-15-18-7-11-20(29-4)12-8-18;/h7-14H,5-6,15-17H2,1-4H3,(H,24,26)(H,25,28);1H. The Morgan fingerprint density at radius 1 is 0.968 bits per heavy atom. The van der Waals surface area contributed by atoms with E-state index in [0.717, 1.165) is 29.2 Å². The molecule has 2 aromatic carbocycles. The van der Waals surface area contributed by atoms with Crippen molar-refractivity contribution in [3.63, 3.8) is 0 Å². The molecule has 0 bridgehead atoms. The highest BCUT2D eigenvalue weighted by Crippen LogP contribution is 2.13. The Balaban J connectivity index is 0.00000480. The number of halogens is 1. The summed E-state index contributed by atoms with van der Waals surface area (Å²) < 4.78 is 10.6. The van der Waals surface area contributed by atoms with Gasteiger partial charge in [-0.1, -0.05) is 24.3 Å². The molecule has 0 fully saturated rings. The normalized spacial score (nSPS) is 10.6. The Kier molecular flexibility index (Phi) is 12.4. The average Bonchev–Trinajstić information content (AvgIpc) is 2.77. The predicted octanol–water partition coefficient (Wildman–Crippen LogP) is 3.43. The maximum atomic E-state index is 12.2. The molecule has 0 unspecified atom stereocenters. The minimum absolute atomic E-state index is 0. The van der Waals surface area contributed by atoms with Crippen molar-refractivity contribution in [2.45, 2.75) is 26.9 Å². The molecule has 0 aromatic heterocycles. The zero-order valence-electron chi connectivity index (χ0n) is 18.7. The summed E-state index contributed by atoms with van der Waals surface area (Å²) in [6, 6.07) is 15.6. The number of hydrogen-bond acceptors (Lipinski definition) is 4. The number of aliphatic imine (C=N–C) groups is 1. The molecule has 0 aliphatic heterocycles. The predicted molar refractivity (Wildman–Crippen MR) is 135 cm³/mol. The van der Waals surface area contributed by atoms with Crippen molar-refractivity contribution >= 4 is 35.8 Å². The first-order valence-electron chi connectivity index (χ1n) is 10.2. The van der Waals surface area contributed by atoms with Crippen LogP contribution < -0.4 is 20.1 Å². The molecule has 0 heterocycles. The third kappa shape index (κ3) is 9.46. The highest BCUT2D eigenvalue weighted by molar-refractivity contribution is 14.0. The number of amides is 1. The monoisotopic (exact) mass is 540 g/mol. The average molecular weight is 540 g/mol. The fourth-order valence-corrected chi connectivity index (χ4v) is 2.82. The second-order valence-corrected chi connectivity index (χ2v) is 6.73. The van der Waals surface area contributed by atoms with E-state index < -0.39 is 0 Å². The summed E-state index contributed by atoms with van der Waals surface area (Å²) in [7, 11) is 3.58. The first-order valence-corrected chi connectivity index (χ1v) is 10.2. The van der Waals surface area contributed by atoms with Crippen LogP contribution >= 0.6 is 24.0 Å². The van der Waals surface area contributed by atoms with E-state index in [4.69, 9.17) is 9.47 Å². The lowest BCUT2D eigenvalue weighted by Crippen LogP contribution is -2.39. The van der Waals surface area contributed by atoms with E-state index in [1.807, 2.05) is 74.3 Å². The van der Waals surface area contributed by atoms with Crippen LogP contribution in [0.3, 0.4) is 0 Å². The summed E-state index contributed by atoms with van der Waals surface area (Å²) in [6.07, 6.45) is 0. The molecule has 0 saturated heterocycles. The van der Waals surface area contributed by atoms with Crippen LogP contribution in [0.15, 0.2) is 53.5 Å². The zero-order valence-corrected chi connectivity index (χ0v) is 21.0. The number of nitrogens with one attached hydrogen (secondary N) is 2. The van der Waals surface area contributed by atoms with Crippen LogP contribution in [-0.2, 0) is 17.9 Å². The van der Waals surface area contributed by atoms with Gasteiger partial charge in [-0.25, -0.2) is 4.99 Å². The van der Waals surface area contributed by atoms with Crippen LogP contribution in [-0.4, -0.2) is 50.6 Å². The van der Waals surface area contributed by atoms with E-state index in [1.165, 1.54) is 0 Å². The molecule has 0 radical (unpaired) electrons. The van der Waals surface area contributed by atoms with E-state index >= 15 is 0 Å². The number of ether oxygens (including phenoxy) is 2. The van der Waals surface area contributed by atoms with E-state index in [2.05, 4.69) is 15.6 Å². The van der Waals surface area contributed by atoms with Crippen LogP contribution in [0.1, 0.15) is 25.0 Å². The number of methoxy groups -OCH3 is 1. The van der Waals surface area contributed by atoms with E-state index in [1.54, 1.807) is 7.11 Å². The molecule has 0 aliphatic carbocycles. The lowest BCUT2D eigenvalue weighted by molar-refractivity contribution is -0.119. The van der Waals surface area contributed by atoms with Crippen molar-refractivity contribution in [1.82, 2.24) is 15.5 Å². The van der Waals surface area contributed by atoms with Crippen molar-refractivity contribution in [3.05, 3.63) is 59.7 Å². The minimum Gasteiger partial charge on any atom is -0.497 e. The molecular formula is C23H33IN4O3. The molecule has 7 nitrogen and oxygen atoms in total. The van der Waals surface area contributed by atoms with Crippen LogP contribution in [0.4, 0.5) is 0 Å². The molecule has 1 amide bonds. The highest BCUT2D eigenvalue weighted by Gasteiger charge is 2.08. The van der Waals surface area contributed by atoms with Crippen molar-refractivity contribution in [3.8, 4) is 11.5 Å². The molecular weight excluding hydrogens is 507 g/mol. The van der Waals surface area contributed by atoms with Gasteiger partial charge >= 0.3 is 0 Å². The van der Waals surface area contributed by atoms with Gasteiger partial charge in [0.2, 0.25) is 5.91 Å². The first kappa shape index (κ1) is 26.5. The number of guanidine groups is 1. The van der Waals surface area contributed by atoms with Crippen molar-refractivity contribution in [2.24, 2.45) is 4.99 Å². The Bertz CT molecular complexity index is 811. The largest absolute Gasteiger partial charge is 0.497 e.